The molecule has 34 heavy (non-hydrogen) atoms. The molecule has 1 aliphatic heterocycles. The maximum Gasteiger partial charge on any atom is 0.262 e. The molecule has 1 aliphatic carbocycles. The summed E-state index contributed by atoms with van der Waals surface area (Å²) in [4.78, 5) is 30.8. The molecule has 3 aromatic rings. The molecule has 2 aliphatic rings. The van der Waals surface area contributed by atoms with Gasteiger partial charge in [0.05, 0.1) is 35.3 Å². The molecule has 0 spiro atoms. The normalized spacial score (nSPS) is 18.6. The zero-order chi connectivity index (χ0) is 23.5. The number of benzene rings is 2. The topological polar surface area (TPSA) is 73.2 Å². The highest BCUT2D eigenvalue weighted by Crippen LogP contribution is 2.25. The van der Waals surface area contributed by atoms with E-state index in [9.17, 15) is 9.59 Å². The Balaban J connectivity index is 1.30. The molecule has 1 saturated heterocycles. The van der Waals surface area contributed by atoms with Crippen molar-refractivity contribution in [2.75, 3.05) is 12.4 Å². The molecule has 7 heteroatoms. The van der Waals surface area contributed by atoms with E-state index < -0.39 is 0 Å². The number of hydrogen-bond acceptors (Lipinski definition) is 5. The molecular weight excluding hydrogens is 446 g/mol. The van der Waals surface area contributed by atoms with Gasteiger partial charge in [-0.05, 0) is 74.3 Å². The minimum atomic E-state index is -0.0774. The lowest BCUT2D eigenvalue weighted by Gasteiger charge is -2.20. The largest absolute Gasteiger partial charge is 0.376 e. The smallest absolute Gasteiger partial charge is 0.262 e. The van der Waals surface area contributed by atoms with E-state index in [0.717, 1.165) is 37.9 Å². The summed E-state index contributed by atoms with van der Waals surface area (Å²) in [7, 11) is 0. The van der Waals surface area contributed by atoms with E-state index in [-0.39, 0.29) is 29.4 Å². The molecule has 2 atom stereocenters. The number of carbonyl (C=O) groups is 1. The van der Waals surface area contributed by atoms with Crippen molar-refractivity contribution < 1.29 is 9.53 Å². The number of nitrogens with one attached hydrogen (secondary N) is 1. The van der Waals surface area contributed by atoms with Gasteiger partial charge < -0.3 is 10.1 Å². The van der Waals surface area contributed by atoms with Gasteiger partial charge in [-0.15, -0.1) is 0 Å². The zero-order valence-electron chi connectivity index (χ0n) is 19.6. The molecular formula is C27H31N3O3S. The van der Waals surface area contributed by atoms with Crippen molar-refractivity contribution in [3.05, 3.63) is 69.5 Å². The fourth-order valence-corrected chi connectivity index (χ4v) is 5.75. The van der Waals surface area contributed by atoms with Crippen molar-refractivity contribution in [1.82, 2.24) is 14.9 Å². The zero-order valence-corrected chi connectivity index (χ0v) is 20.4. The SMILES string of the molecule is C[C@H](NC(=O)CSc1nc2ccccc2c(=O)n1C[C@H]1CCCO1)c1ccc2c(c1)CCCC2. The molecule has 6 nitrogen and oxygen atoms in total. The van der Waals surface area contributed by atoms with Gasteiger partial charge >= 0.3 is 0 Å². The van der Waals surface area contributed by atoms with Crippen molar-refractivity contribution in [3.8, 4) is 0 Å². The maximum atomic E-state index is 13.2. The molecule has 1 N–H and O–H groups in total. The number of nitrogens with zero attached hydrogens (tertiary/aromatic N) is 2. The lowest BCUT2D eigenvalue weighted by molar-refractivity contribution is -0.119. The summed E-state index contributed by atoms with van der Waals surface area (Å²) in [6.07, 6.45) is 6.72. The predicted molar refractivity (Wildman–Crippen MR) is 135 cm³/mol. The van der Waals surface area contributed by atoms with Crippen LogP contribution in [0.5, 0.6) is 0 Å². The van der Waals surface area contributed by atoms with Gasteiger partial charge in [0.25, 0.3) is 5.56 Å². The van der Waals surface area contributed by atoms with Crippen molar-refractivity contribution in [1.29, 1.82) is 0 Å². The summed E-state index contributed by atoms with van der Waals surface area (Å²) < 4.78 is 7.45. The number of fused-ring (bicyclic) bond motifs is 2. The first kappa shape index (κ1) is 23.1. The molecule has 2 heterocycles. The summed E-state index contributed by atoms with van der Waals surface area (Å²) in [5.41, 5.74) is 4.57. The van der Waals surface area contributed by atoms with Crippen LogP contribution in [0.3, 0.4) is 0 Å². The highest BCUT2D eigenvalue weighted by molar-refractivity contribution is 7.99. The molecule has 0 saturated carbocycles. The third kappa shape index (κ3) is 5.05. The molecule has 2 aromatic carbocycles. The second-order valence-electron chi connectivity index (χ2n) is 9.28. The first-order chi connectivity index (χ1) is 16.6. The standard InChI is InChI=1S/C27H31N3O3S/c1-18(20-13-12-19-7-2-3-8-21(19)15-20)28-25(31)17-34-27-29-24-11-5-4-10-23(24)26(32)30(27)16-22-9-6-14-33-22/h4-5,10-13,15,18,22H,2-3,6-9,14,16-17H2,1H3,(H,28,31)/t18-,22+/m0/s1. The molecule has 5 rings (SSSR count). The fourth-order valence-electron chi connectivity index (χ4n) is 4.93. The molecule has 0 unspecified atom stereocenters. The number of aryl methyl sites for hydroxylation is 2. The number of hydrogen-bond donors (Lipinski definition) is 1. The molecule has 178 valence electrons. The van der Waals surface area contributed by atoms with Gasteiger partial charge in [-0.3, -0.25) is 14.2 Å². The highest BCUT2D eigenvalue weighted by Gasteiger charge is 2.21. The van der Waals surface area contributed by atoms with Crippen LogP contribution in [0.25, 0.3) is 10.9 Å². The Morgan fingerprint density at radius 1 is 1.18 bits per heavy atom. The molecule has 1 aromatic heterocycles. The molecule has 1 fully saturated rings. The van der Waals surface area contributed by atoms with Gasteiger partial charge in [0, 0.05) is 6.61 Å². The van der Waals surface area contributed by atoms with E-state index in [1.54, 1.807) is 10.6 Å². The van der Waals surface area contributed by atoms with Crippen molar-refractivity contribution in [2.45, 2.75) is 69.3 Å². The Hall–Kier alpha value is -2.64. The Labute approximate surface area is 204 Å². The number of rotatable bonds is 7. The van der Waals surface area contributed by atoms with Crippen molar-refractivity contribution >= 4 is 28.6 Å². The van der Waals surface area contributed by atoms with Crippen molar-refractivity contribution in [2.24, 2.45) is 0 Å². The lowest BCUT2D eigenvalue weighted by atomic mass is 9.89. The summed E-state index contributed by atoms with van der Waals surface area (Å²) >= 11 is 1.31. The van der Waals surface area contributed by atoms with Gasteiger partial charge in [-0.25, -0.2) is 4.98 Å². The number of aromatic nitrogens is 2. The lowest BCUT2D eigenvalue weighted by Crippen LogP contribution is -2.31. The number of thioether (sulfide) groups is 1. The van der Waals surface area contributed by atoms with Gasteiger partial charge in [-0.2, -0.15) is 0 Å². The van der Waals surface area contributed by atoms with Crippen LogP contribution in [0.1, 0.15) is 55.3 Å². The van der Waals surface area contributed by atoms with Gasteiger partial charge in [-0.1, -0.05) is 42.1 Å². The van der Waals surface area contributed by atoms with Crippen LogP contribution in [0.15, 0.2) is 52.4 Å². The van der Waals surface area contributed by atoms with Crippen LogP contribution in [-0.4, -0.2) is 33.9 Å². The van der Waals surface area contributed by atoms with Crippen LogP contribution in [0, 0.1) is 0 Å². The summed E-state index contributed by atoms with van der Waals surface area (Å²) in [5.74, 6) is 0.132. The third-order valence-electron chi connectivity index (χ3n) is 6.82. The van der Waals surface area contributed by atoms with E-state index >= 15 is 0 Å². The van der Waals surface area contributed by atoms with E-state index in [0.29, 0.717) is 22.6 Å². The Kier molecular flexibility index (Phi) is 7.02. The van der Waals surface area contributed by atoms with Crippen LogP contribution in [-0.2, 0) is 28.9 Å². The molecule has 0 bridgehead atoms. The van der Waals surface area contributed by atoms with Crippen LogP contribution < -0.4 is 10.9 Å². The minimum Gasteiger partial charge on any atom is -0.376 e. The second-order valence-corrected chi connectivity index (χ2v) is 10.2. The minimum absolute atomic E-state index is 0.0119. The van der Waals surface area contributed by atoms with Crippen LogP contribution >= 0.6 is 11.8 Å². The summed E-state index contributed by atoms with van der Waals surface area (Å²) in [6.45, 7) is 3.22. The molecule has 0 radical (unpaired) electrons. The first-order valence-corrected chi connectivity index (χ1v) is 13.2. The quantitative estimate of drug-likeness (QED) is 0.403. The van der Waals surface area contributed by atoms with E-state index in [1.165, 1.54) is 35.7 Å². The number of ether oxygens (including phenoxy) is 1. The second kappa shape index (κ2) is 10.3. The number of carbonyl (C=O) groups excluding carboxylic acids is 1. The maximum absolute atomic E-state index is 13.2. The third-order valence-corrected chi connectivity index (χ3v) is 7.80. The van der Waals surface area contributed by atoms with Crippen LogP contribution in [0.2, 0.25) is 0 Å². The highest BCUT2D eigenvalue weighted by atomic mass is 32.2. The van der Waals surface area contributed by atoms with E-state index in [2.05, 4.69) is 23.5 Å². The van der Waals surface area contributed by atoms with Gasteiger partial charge in [0.2, 0.25) is 5.91 Å². The van der Waals surface area contributed by atoms with Crippen LogP contribution in [0.4, 0.5) is 0 Å². The summed E-state index contributed by atoms with van der Waals surface area (Å²) in [6, 6.07) is 13.9. The Morgan fingerprint density at radius 3 is 2.82 bits per heavy atom. The fraction of sp³-hybridized carbons (Fsp3) is 0.444. The number of amides is 1. The molecule has 1 amide bonds. The van der Waals surface area contributed by atoms with Crippen molar-refractivity contribution in [3.63, 3.8) is 0 Å². The monoisotopic (exact) mass is 477 g/mol. The first-order valence-electron chi connectivity index (χ1n) is 12.2. The number of para-hydroxylation sites is 1. The van der Waals surface area contributed by atoms with Gasteiger partial charge in [0.15, 0.2) is 5.16 Å². The Morgan fingerprint density at radius 2 is 2.00 bits per heavy atom. The van der Waals surface area contributed by atoms with E-state index in [1.807, 2.05) is 25.1 Å². The average molecular weight is 478 g/mol. The van der Waals surface area contributed by atoms with E-state index in [4.69, 9.17) is 9.72 Å². The predicted octanol–water partition coefficient (Wildman–Crippen LogP) is 4.42. The summed E-state index contributed by atoms with van der Waals surface area (Å²) in [5, 5.41) is 4.28. The average Bonchev–Trinajstić information content (AvgIpc) is 3.38. The van der Waals surface area contributed by atoms with Gasteiger partial charge in [0.1, 0.15) is 0 Å². The Bertz CT molecular complexity index is 1250.